The number of oxime groups is 1. The lowest BCUT2D eigenvalue weighted by Gasteiger charge is -2.49. The van der Waals surface area contributed by atoms with Gasteiger partial charge in [0, 0.05) is 21.2 Å². The third-order valence-corrected chi connectivity index (χ3v) is 17.7. The van der Waals surface area contributed by atoms with Crippen molar-refractivity contribution in [1.29, 1.82) is 0 Å². The molecule has 10 rings (SSSR count). The standard InChI is InChI=1S/C58H47N5O9S4/c1-3-71-54(67)45-49(64)42-31-19-20-32-44(42)75-56(45)73-33-38-35-76(69)53-47(52(66)63(53)48(38)55(68)72-50(36-21-9-4-10-22-36)37-23-11-5-12-24-37)60-51(65)46(62-70-2)43-34-74-57(59-43)61-58(39-25-13-6-14-26-39,40-27-15-7-16-28-40)41-29-17-8-18-30-41/h4-32,34,47,50,53H,3,33,35H2,1-2H3,(H,59,61)(H,60,65)/b62-46-/t47?,53-,76?/m0/s1. The molecule has 0 saturated carbocycles. The van der Waals surface area contributed by atoms with Gasteiger partial charge in [0.2, 0.25) is 5.43 Å². The number of thioether (sulfide) groups is 1. The Morgan fingerprint density at radius 2 is 1.34 bits per heavy atom. The second-order valence-corrected chi connectivity index (χ2v) is 22.1. The van der Waals surface area contributed by atoms with E-state index < -0.39 is 63.0 Å². The second-order valence-electron chi connectivity index (χ2n) is 17.4. The van der Waals surface area contributed by atoms with Crippen LogP contribution in [0.25, 0.3) is 10.1 Å². The van der Waals surface area contributed by atoms with E-state index in [1.807, 2.05) is 152 Å². The number of hydrogen-bond acceptors (Lipinski definition) is 15. The van der Waals surface area contributed by atoms with Crippen molar-refractivity contribution in [1.82, 2.24) is 15.2 Å². The van der Waals surface area contributed by atoms with Crippen molar-refractivity contribution in [3.8, 4) is 0 Å². The smallest absolute Gasteiger partial charge is 0.356 e. The van der Waals surface area contributed by atoms with Gasteiger partial charge in [-0.15, -0.1) is 34.4 Å². The Morgan fingerprint density at radius 3 is 1.91 bits per heavy atom. The van der Waals surface area contributed by atoms with Gasteiger partial charge in [0.25, 0.3) is 11.8 Å². The number of anilines is 1. The maximum atomic E-state index is 14.9. The van der Waals surface area contributed by atoms with Gasteiger partial charge in [-0.25, -0.2) is 14.6 Å². The normalized spacial score (nSPS) is 16.4. The molecule has 2 amide bonds. The Hall–Kier alpha value is -8.03. The molecule has 2 N–H and O–H groups in total. The molecule has 1 fully saturated rings. The molecule has 0 spiro atoms. The molecule has 3 atom stereocenters. The van der Waals surface area contributed by atoms with Crippen LogP contribution in [0.2, 0.25) is 0 Å². The summed E-state index contributed by atoms with van der Waals surface area (Å²) in [5.41, 5.74) is 2.51. The van der Waals surface area contributed by atoms with Crippen molar-refractivity contribution in [2.45, 2.75) is 34.2 Å². The van der Waals surface area contributed by atoms with E-state index in [1.54, 1.807) is 36.6 Å². The molecular formula is C58H47N5O9S4. The number of β-lactam (4-membered cyclic amide) rings is 1. The SMILES string of the molecule is CCOC(=O)c1c(SCC2=C(C(=O)OC(c3ccccc3)c3ccccc3)N3C(=O)C(NC(=O)/C(=N\OC)c4csc(NC(c5ccccc5)(c5ccccc5)c5ccccc5)n4)[C@@H]3S(=O)C2)sc2ccccc2c1=O. The molecule has 0 bridgehead atoms. The number of thiazole rings is 1. The quantitative estimate of drug-likeness (QED) is 0.0208. The monoisotopic (exact) mass is 1090 g/mol. The number of hydrogen-bond donors (Lipinski definition) is 2. The number of ether oxygens (including phenoxy) is 2. The number of nitrogens with one attached hydrogen (secondary N) is 2. The predicted octanol–water partition coefficient (Wildman–Crippen LogP) is 9.44. The van der Waals surface area contributed by atoms with Crippen molar-refractivity contribution in [3.05, 3.63) is 242 Å². The van der Waals surface area contributed by atoms with Crippen LogP contribution in [0.1, 0.15) is 56.9 Å². The van der Waals surface area contributed by atoms with E-state index in [4.69, 9.17) is 19.3 Å². The first kappa shape index (κ1) is 51.5. The zero-order valence-electron chi connectivity index (χ0n) is 40.8. The summed E-state index contributed by atoms with van der Waals surface area (Å²) in [5.74, 6) is -3.54. The zero-order chi connectivity index (χ0) is 52.8. The van der Waals surface area contributed by atoms with E-state index in [9.17, 15) is 28.2 Å². The molecule has 8 aromatic rings. The van der Waals surface area contributed by atoms with Gasteiger partial charge in [0.15, 0.2) is 16.9 Å². The average molecular weight is 1090 g/mol. The second kappa shape index (κ2) is 22.8. The Labute approximate surface area is 451 Å². The molecule has 0 aliphatic carbocycles. The van der Waals surface area contributed by atoms with E-state index >= 15 is 0 Å². The minimum Gasteiger partial charge on any atom is -0.462 e. The zero-order valence-corrected chi connectivity index (χ0v) is 44.1. The maximum absolute atomic E-state index is 14.9. The van der Waals surface area contributed by atoms with Crippen LogP contribution in [0.3, 0.4) is 0 Å². The van der Waals surface area contributed by atoms with Crippen LogP contribution in [0.5, 0.6) is 0 Å². The van der Waals surface area contributed by atoms with Crippen molar-refractivity contribution in [2.24, 2.45) is 5.16 Å². The highest BCUT2D eigenvalue weighted by Gasteiger charge is 2.58. The number of amides is 2. The lowest BCUT2D eigenvalue weighted by Crippen LogP contribution is -2.74. The highest BCUT2D eigenvalue weighted by Crippen LogP contribution is 2.43. The number of benzene rings is 6. The van der Waals surface area contributed by atoms with Crippen LogP contribution in [-0.2, 0) is 45.0 Å². The van der Waals surface area contributed by atoms with E-state index in [1.165, 1.54) is 29.8 Å². The summed E-state index contributed by atoms with van der Waals surface area (Å²) in [6, 6.07) is 53.6. The van der Waals surface area contributed by atoms with Gasteiger partial charge in [-0.3, -0.25) is 23.5 Å². The third kappa shape index (κ3) is 10.1. The number of carbonyl (C=O) groups is 4. The fraction of sp³-hybridized carbons (Fsp3) is 0.155. The van der Waals surface area contributed by atoms with Crippen LogP contribution in [-0.4, -0.2) is 80.2 Å². The van der Waals surface area contributed by atoms with Crippen LogP contribution in [0, 0.1) is 0 Å². The number of esters is 2. The summed E-state index contributed by atoms with van der Waals surface area (Å²) in [4.78, 5) is 82.5. The Kier molecular flexibility index (Phi) is 15.5. The lowest BCUT2D eigenvalue weighted by molar-refractivity contribution is -0.154. The molecule has 2 aliphatic rings. The molecule has 14 nitrogen and oxygen atoms in total. The van der Waals surface area contributed by atoms with Crippen LogP contribution < -0.4 is 16.1 Å². The summed E-state index contributed by atoms with van der Waals surface area (Å²) < 4.78 is 27.2. The Morgan fingerprint density at radius 1 is 0.789 bits per heavy atom. The Balaban J connectivity index is 0.970. The molecule has 4 heterocycles. The molecule has 1 saturated heterocycles. The van der Waals surface area contributed by atoms with Gasteiger partial charge in [-0.05, 0) is 52.4 Å². The van der Waals surface area contributed by atoms with Gasteiger partial charge >= 0.3 is 11.9 Å². The number of aromatic nitrogens is 1. The van der Waals surface area contributed by atoms with Gasteiger partial charge in [0.05, 0.1) is 27.4 Å². The van der Waals surface area contributed by atoms with Gasteiger partial charge in [0.1, 0.15) is 41.0 Å². The predicted molar refractivity (Wildman–Crippen MR) is 297 cm³/mol. The molecule has 2 aliphatic heterocycles. The lowest BCUT2D eigenvalue weighted by atomic mass is 9.77. The average Bonchev–Trinajstić information content (AvgIpc) is 3.93. The summed E-state index contributed by atoms with van der Waals surface area (Å²) in [5, 5.41) is 11.7. The maximum Gasteiger partial charge on any atom is 0.356 e. The third-order valence-electron chi connectivity index (χ3n) is 12.8. The molecule has 18 heteroatoms. The van der Waals surface area contributed by atoms with Crippen LogP contribution >= 0.6 is 34.4 Å². The van der Waals surface area contributed by atoms with Gasteiger partial charge < -0.3 is 24.9 Å². The highest BCUT2D eigenvalue weighted by molar-refractivity contribution is 8.01. The first-order valence-corrected chi connectivity index (χ1v) is 28.1. The summed E-state index contributed by atoms with van der Waals surface area (Å²) >= 11 is 3.53. The van der Waals surface area contributed by atoms with Crippen molar-refractivity contribution >= 4 is 89.9 Å². The first-order chi connectivity index (χ1) is 37.1. The molecule has 76 heavy (non-hydrogen) atoms. The molecule has 2 aromatic heterocycles. The molecular weight excluding hydrogens is 1040 g/mol. The molecule has 2 unspecified atom stereocenters. The van der Waals surface area contributed by atoms with E-state index in [2.05, 4.69) is 15.8 Å². The first-order valence-electron chi connectivity index (χ1n) is 24.0. The van der Waals surface area contributed by atoms with E-state index in [-0.39, 0.29) is 46.4 Å². The Bertz CT molecular complexity index is 3460. The highest BCUT2D eigenvalue weighted by atomic mass is 32.2. The molecule has 6 aromatic carbocycles. The summed E-state index contributed by atoms with van der Waals surface area (Å²) in [6.45, 7) is 1.67. The minimum atomic E-state index is -1.91. The van der Waals surface area contributed by atoms with E-state index in [0.717, 1.165) is 33.4 Å². The van der Waals surface area contributed by atoms with Gasteiger partial charge in [-0.2, -0.15) is 0 Å². The molecule has 382 valence electrons. The minimum absolute atomic E-state index is 0.0277. The fourth-order valence-electron chi connectivity index (χ4n) is 9.34. The van der Waals surface area contributed by atoms with Crippen LogP contribution in [0.15, 0.2) is 207 Å². The van der Waals surface area contributed by atoms with E-state index in [0.29, 0.717) is 30.6 Å². The van der Waals surface area contributed by atoms with Crippen molar-refractivity contribution in [2.75, 3.05) is 30.5 Å². The van der Waals surface area contributed by atoms with Crippen LogP contribution in [0.4, 0.5) is 5.13 Å². The number of fused-ring (bicyclic) bond motifs is 2. The summed E-state index contributed by atoms with van der Waals surface area (Å²) in [7, 11) is -0.625. The number of rotatable bonds is 18. The number of nitrogens with zero attached hydrogens (tertiary/aromatic N) is 3. The largest absolute Gasteiger partial charge is 0.462 e. The summed E-state index contributed by atoms with van der Waals surface area (Å²) in [6.07, 6.45) is -0.918. The topological polar surface area (TPSA) is 183 Å². The van der Waals surface area contributed by atoms with Crippen molar-refractivity contribution in [3.63, 3.8) is 0 Å². The fourth-order valence-corrected chi connectivity index (χ4v) is 14.3. The van der Waals surface area contributed by atoms with Gasteiger partial charge in [-0.1, -0.05) is 169 Å². The number of carbonyl (C=O) groups excluding carboxylic acids is 4. The molecule has 0 radical (unpaired) electrons. The van der Waals surface area contributed by atoms with Crippen molar-refractivity contribution < 1.29 is 37.7 Å².